The Morgan fingerprint density at radius 3 is 2.31 bits per heavy atom. The highest BCUT2D eigenvalue weighted by molar-refractivity contribution is 6.24. The van der Waals surface area contributed by atoms with E-state index < -0.39 is 0 Å². The van der Waals surface area contributed by atoms with E-state index in [-0.39, 0.29) is 11.7 Å². The van der Waals surface area contributed by atoms with Gasteiger partial charge in [0, 0.05) is 18.7 Å². The van der Waals surface area contributed by atoms with Crippen molar-refractivity contribution in [2.45, 2.75) is 13.1 Å². The van der Waals surface area contributed by atoms with Crippen LogP contribution in [0.1, 0.15) is 22.3 Å². The van der Waals surface area contributed by atoms with Gasteiger partial charge < -0.3 is 4.90 Å². The van der Waals surface area contributed by atoms with Crippen LogP contribution >= 0.6 is 0 Å². The minimum absolute atomic E-state index is 0.0448. The van der Waals surface area contributed by atoms with E-state index in [2.05, 4.69) is 0 Å². The summed E-state index contributed by atoms with van der Waals surface area (Å²) in [6.07, 6.45) is 1.81. The van der Waals surface area contributed by atoms with E-state index in [1.165, 1.54) is 12.1 Å². The van der Waals surface area contributed by atoms with Crippen molar-refractivity contribution in [1.29, 1.82) is 0 Å². The molecule has 3 heteroatoms. The summed E-state index contributed by atoms with van der Waals surface area (Å²) < 4.78 is 13.8. The maximum Gasteiger partial charge on any atom is 0.255 e. The Morgan fingerprint density at radius 1 is 0.885 bits per heavy atom. The summed E-state index contributed by atoms with van der Waals surface area (Å²) in [6.45, 7) is 0.969. The van der Waals surface area contributed by atoms with Crippen molar-refractivity contribution < 1.29 is 9.18 Å². The van der Waals surface area contributed by atoms with Gasteiger partial charge in [-0.2, -0.15) is 0 Å². The summed E-state index contributed by atoms with van der Waals surface area (Å²) in [5.74, 6) is -0.340. The van der Waals surface area contributed by atoms with Crippen molar-refractivity contribution in [1.82, 2.24) is 4.90 Å². The van der Waals surface area contributed by atoms with Crippen LogP contribution in [0.25, 0.3) is 11.6 Å². The van der Waals surface area contributed by atoms with E-state index in [1.54, 1.807) is 12.1 Å². The molecule has 0 atom stereocenters. The van der Waals surface area contributed by atoms with Gasteiger partial charge in [0.2, 0.25) is 0 Å². The first-order chi connectivity index (χ1) is 12.7. The van der Waals surface area contributed by atoms with Crippen molar-refractivity contribution in [3.63, 3.8) is 0 Å². The fourth-order valence-corrected chi connectivity index (χ4v) is 3.27. The van der Waals surface area contributed by atoms with E-state index in [0.29, 0.717) is 18.7 Å². The van der Waals surface area contributed by atoms with Crippen LogP contribution in [0.4, 0.5) is 4.39 Å². The first-order valence-electron chi connectivity index (χ1n) is 8.59. The van der Waals surface area contributed by atoms with Gasteiger partial charge in [-0.05, 0) is 40.5 Å². The van der Waals surface area contributed by atoms with Gasteiger partial charge in [-0.1, -0.05) is 66.7 Å². The van der Waals surface area contributed by atoms with Gasteiger partial charge in [-0.15, -0.1) is 0 Å². The number of rotatable bonds is 3. The molecule has 0 N–H and O–H groups in total. The second kappa shape index (κ2) is 6.96. The monoisotopic (exact) mass is 343 g/mol. The first-order valence-corrected chi connectivity index (χ1v) is 8.59. The van der Waals surface area contributed by atoms with Crippen LogP contribution in [0.15, 0.2) is 78.9 Å². The van der Waals surface area contributed by atoms with Crippen molar-refractivity contribution in [2.24, 2.45) is 0 Å². The van der Waals surface area contributed by atoms with Gasteiger partial charge in [-0.3, -0.25) is 4.79 Å². The molecule has 3 aromatic rings. The third-order valence-electron chi connectivity index (χ3n) is 4.59. The van der Waals surface area contributed by atoms with Gasteiger partial charge in [-0.25, -0.2) is 4.39 Å². The van der Waals surface area contributed by atoms with E-state index in [4.69, 9.17) is 0 Å². The third-order valence-corrected chi connectivity index (χ3v) is 4.59. The molecule has 0 aromatic heterocycles. The van der Waals surface area contributed by atoms with Crippen LogP contribution in [-0.4, -0.2) is 10.8 Å². The minimum Gasteiger partial charge on any atom is -0.330 e. The molecule has 0 saturated carbocycles. The Kier molecular flexibility index (Phi) is 4.36. The molecule has 0 saturated heterocycles. The molecule has 0 bridgehead atoms. The molecule has 1 amide bonds. The highest BCUT2D eigenvalue weighted by Gasteiger charge is 2.24. The molecule has 0 aliphatic carbocycles. The molecule has 0 fully saturated rings. The average molecular weight is 343 g/mol. The van der Waals surface area contributed by atoms with Crippen molar-refractivity contribution in [2.75, 3.05) is 0 Å². The van der Waals surface area contributed by atoms with Gasteiger partial charge in [0.15, 0.2) is 0 Å². The first kappa shape index (κ1) is 16.3. The highest BCUT2D eigenvalue weighted by Crippen LogP contribution is 2.29. The zero-order valence-corrected chi connectivity index (χ0v) is 14.2. The SMILES string of the molecule is O=C1C(c2ccccc2)=Cc2cc(F)ccc2CN1Cc1ccccc1. The molecule has 0 spiro atoms. The number of nitrogens with zero attached hydrogens (tertiary/aromatic N) is 1. The molecule has 4 rings (SSSR count). The Bertz CT molecular complexity index is 964. The molecule has 26 heavy (non-hydrogen) atoms. The number of fused-ring (bicyclic) bond motifs is 1. The summed E-state index contributed by atoms with van der Waals surface area (Å²) in [5.41, 5.74) is 4.20. The van der Waals surface area contributed by atoms with E-state index in [1.807, 2.05) is 65.6 Å². The lowest BCUT2D eigenvalue weighted by molar-refractivity contribution is -0.126. The standard InChI is InChI=1S/C23H18FNO/c24-21-12-11-19-16-25(15-17-7-3-1-4-8-17)23(26)22(14-20(19)13-21)18-9-5-2-6-10-18/h1-14H,15-16H2. The van der Waals surface area contributed by atoms with Crippen molar-refractivity contribution >= 4 is 17.6 Å². The maximum atomic E-state index is 13.8. The summed E-state index contributed by atoms with van der Waals surface area (Å²) in [5, 5.41) is 0. The highest BCUT2D eigenvalue weighted by atomic mass is 19.1. The predicted octanol–water partition coefficient (Wildman–Crippen LogP) is 4.91. The predicted molar refractivity (Wildman–Crippen MR) is 101 cm³/mol. The second-order valence-electron chi connectivity index (χ2n) is 6.41. The van der Waals surface area contributed by atoms with Gasteiger partial charge >= 0.3 is 0 Å². The van der Waals surface area contributed by atoms with Gasteiger partial charge in [0.05, 0.1) is 0 Å². The summed E-state index contributed by atoms with van der Waals surface area (Å²) in [4.78, 5) is 15.1. The zero-order chi connectivity index (χ0) is 17.9. The molecule has 1 aliphatic rings. The molecular formula is C23H18FNO. The number of hydrogen-bond donors (Lipinski definition) is 0. The molecule has 0 radical (unpaired) electrons. The maximum absolute atomic E-state index is 13.8. The van der Waals surface area contributed by atoms with Crippen LogP contribution in [0.5, 0.6) is 0 Å². The second-order valence-corrected chi connectivity index (χ2v) is 6.41. The smallest absolute Gasteiger partial charge is 0.255 e. The van der Waals surface area contributed by atoms with Crippen LogP contribution in [0.3, 0.4) is 0 Å². The van der Waals surface area contributed by atoms with E-state index in [9.17, 15) is 9.18 Å². The molecule has 0 unspecified atom stereocenters. The van der Waals surface area contributed by atoms with Crippen molar-refractivity contribution in [3.05, 3.63) is 107 Å². The Labute approximate surface area is 152 Å². The zero-order valence-electron chi connectivity index (χ0n) is 14.2. The van der Waals surface area contributed by atoms with E-state index in [0.717, 1.165) is 22.3 Å². The fraction of sp³-hybridized carbons (Fsp3) is 0.0870. The molecular weight excluding hydrogens is 325 g/mol. The topological polar surface area (TPSA) is 20.3 Å². The van der Waals surface area contributed by atoms with E-state index >= 15 is 0 Å². The van der Waals surface area contributed by atoms with Crippen LogP contribution < -0.4 is 0 Å². The number of hydrogen-bond acceptors (Lipinski definition) is 1. The number of benzene rings is 3. The normalized spacial score (nSPS) is 13.8. The minimum atomic E-state index is -0.295. The Morgan fingerprint density at radius 2 is 1.58 bits per heavy atom. The molecule has 1 heterocycles. The summed E-state index contributed by atoms with van der Waals surface area (Å²) in [7, 11) is 0. The average Bonchev–Trinajstić information content (AvgIpc) is 2.80. The molecule has 1 aliphatic heterocycles. The quantitative estimate of drug-likeness (QED) is 0.662. The van der Waals surface area contributed by atoms with Crippen LogP contribution in [0.2, 0.25) is 0 Å². The molecule has 3 aromatic carbocycles. The Hall–Kier alpha value is -3.20. The summed E-state index contributed by atoms with van der Waals surface area (Å²) >= 11 is 0. The van der Waals surface area contributed by atoms with Gasteiger partial charge in [0.25, 0.3) is 5.91 Å². The van der Waals surface area contributed by atoms with Gasteiger partial charge in [0.1, 0.15) is 5.82 Å². The lowest BCUT2D eigenvalue weighted by Gasteiger charge is -2.23. The summed E-state index contributed by atoms with van der Waals surface area (Å²) in [6, 6.07) is 24.2. The lowest BCUT2D eigenvalue weighted by atomic mass is 10.0. The largest absolute Gasteiger partial charge is 0.330 e. The molecule has 2 nitrogen and oxygen atoms in total. The van der Waals surface area contributed by atoms with Crippen LogP contribution in [0, 0.1) is 5.82 Å². The third kappa shape index (κ3) is 3.29. The number of amides is 1. The molecule has 128 valence electrons. The fourth-order valence-electron chi connectivity index (χ4n) is 3.27. The van der Waals surface area contributed by atoms with Crippen LogP contribution in [-0.2, 0) is 17.9 Å². The number of halogens is 1. The lowest BCUT2D eigenvalue weighted by Crippen LogP contribution is -2.29. The number of carbonyl (C=O) groups is 1. The Balaban J connectivity index is 1.79. The van der Waals surface area contributed by atoms with Crippen molar-refractivity contribution in [3.8, 4) is 0 Å². The number of carbonyl (C=O) groups excluding carboxylic acids is 1.